The number of anilines is 2. The van der Waals surface area contributed by atoms with Gasteiger partial charge >= 0.3 is 6.03 Å². The Morgan fingerprint density at radius 3 is 2.40 bits per heavy atom. The van der Waals surface area contributed by atoms with Crippen molar-refractivity contribution in [2.24, 2.45) is 5.73 Å². The second-order valence-electron chi connectivity index (χ2n) is 9.20. The molecule has 4 rings (SSSR count). The van der Waals surface area contributed by atoms with Gasteiger partial charge in [0.05, 0.1) is 17.1 Å². The number of amides is 2. The Balaban J connectivity index is 1.80. The van der Waals surface area contributed by atoms with Gasteiger partial charge in [0, 0.05) is 28.8 Å². The minimum atomic E-state index is -0.757. The smallest absolute Gasteiger partial charge is 0.325 e. The van der Waals surface area contributed by atoms with Crippen LogP contribution in [0.2, 0.25) is 0 Å². The molecule has 0 unspecified atom stereocenters. The monoisotopic (exact) mass is 473 g/mol. The van der Waals surface area contributed by atoms with Crippen LogP contribution < -0.4 is 10.6 Å². The topological polar surface area (TPSA) is 85.0 Å². The van der Waals surface area contributed by atoms with E-state index in [1.165, 1.54) is 11.0 Å². The summed E-state index contributed by atoms with van der Waals surface area (Å²) in [5, 5.41) is 0. The van der Waals surface area contributed by atoms with E-state index in [1.807, 2.05) is 45.9 Å². The average molecular weight is 474 g/mol. The van der Waals surface area contributed by atoms with Gasteiger partial charge in [0.15, 0.2) is 0 Å². The maximum atomic E-state index is 14.4. The molecule has 6 nitrogen and oxygen atoms in total. The van der Waals surface area contributed by atoms with Crippen molar-refractivity contribution < 1.29 is 13.6 Å². The lowest BCUT2D eigenvalue weighted by atomic mass is 9.95. The highest BCUT2D eigenvalue weighted by atomic mass is 19.1. The summed E-state index contributed by atoms with van der Waals surface area (Å²) >= 11 is 0. The molecule has 0 aliphatic heterocycles. The number of aromatic nitrogens is 3. The number of halogens is 2. The van der Waals surface area contributed by atoms with Crippen LogP contribution in [0.25, 0.3) is 22.5 Å². The van der Waals surface area contributed by atoms with Crippen LogP contribution in [-0.4, -0.2) is 21.0 Å². The summed E-state index contributed by atoms with van der Waals surface area (Å²) in [4.78, 5) is 27.4. The number of hydrogen-bond acceptors (Lipinski definition) is 4. The van der Waals surface area contributed by atoms with Gasteiger partial charge in [-0.25, -0.2) is 33.4 Å². The highest BCUT2D eigenvalue weighted by Gasteiger charge is 2.22. The fraction of sp³-hybridized carbons (Fsp3) is 0.185. The van der Waals surface area contributed by atoms with Gasteiger partial charge in [0.1, 0.15) is 23.3 Å². The number of carbonyl (C=O) groups is 1. The molecule has 0 atom stereocenters. The van der Waals surface area contributed by atoms with Gasteiger partial charge in [-0.05, 0) is 48.9 Å². The van der Waals surface area contributed by atoms with E-state index in [2.05, 4.69) is 9.97 Å². The molecule has 0 aliphatic rings. The summed E-state index contributed by atoms with van der Waals surface area (Å²) in [5.74, 6) is -0.540. The van der Waals surface area contributed by atoms with Crippen molar-refractivity contribution >= 4 is 17.5 Å². The second kappa shape index (κ2) is 9.21. The molecular formula is C27H25F2N5O. The molecule has 178 valence electrons. The maximum absolute atomic E-state index is 14.4. The number of rotatable bonds is 4. The Kier molecular flexibility index (Phi) is 6.30. The number of urea groups is 1. The van der Waals surface area contributed by atoms with Gasteiger partial charge in [-0.2, -0.15) is 0 Å². The quantitative estimate of drug-likeness (QED) is 0.377. The molecule has 35 heavy (non-hydrogen) atoms. The second-order valence-corrected chi connectivity index (χ2v) is 9.20. The predicted molar refractivity (Wildman–Crippen MR) is 132 cm³/mol. The summed E-state index contributed by atoms with van der Waals surface area (Å²) in [7, 11) is 0. The van der Waals surface area contributed by atoms with Crippen LogP contribution >= 0.6 is 0 Å². The maximum Gasteiger partial charge on any atom is 0.325 e. The molecule has 0 fully saturated rings. The minimum absolute atomic E-state index is 0.110. The van der Waals surface area contributed by atoms with E-state index < -0.39 is 17.7 Å². The van der Waals surface area contributed by atoms with Gasteiger partial charge < -0.3 is 5.73 Å². The van der Waals surface area contributed by atoms with Crippen LogP contribution in [0.4, 0.5) is 25.1 Å². The van der Waals surface area contributed by atoms with Crippen molar-refractivity contribution in [3.05, 3.63) is 89.9 Å². The van der Waals surface area contributed by atoms with E-state index in [-0.39, 0.29) is 22.5 Å². The lowest BCUT2D eigenvalue weighted by molar-refractivity contribution is 0.256. The first-order valence-corrected chi connectivity index (χ1v) is 11.0. The number of nitrogens with two attached hydrogens (primary N) is 1. The third kappa shape index (κ3) is 5.01. The van der Waals surface area contributed by atoms with Gasteiger partial charge in [0.25, 0.3) is 0 Å². The van der Waals surface area contributed by atoms with E-state index in [0.717, 1.165) is 23.3 Å². The Morgan fingerprint density at radius 2 is 1.71 bits per heavy atom. The molecule has 0 spiro atoms. The fourth-order valence-corrected chi connectivity index (χ4v) is 3.64. The van der Waals surface area contributed by atoms with Crippen LogP contribution in [-0.2, 0) is 5.41 Å². The van der Waals surface area contributed by atoms with Crippen molar-refractivity contribution in [2.75, 3.05) is 4.90 Å². The summed E-state index contributed by atoms with van der Waals surface area (Å²) in [5.41, 5.74) is 8.65. The van der Waals surface area contributed by atoms with Crippen molar-refractivity contribution in [3.63, 3.8) is 0 Å². The highest BCUT2D eigenvalue weighted by molar-refractivity contribution is 5.99. The third-order valence-corrected chi connectivity index (χ3v) is 5.46. The molecule has 4 aromatic rings. The Morgan fingerprint density at radius 1 is 0.943 bits per heavy atom. The zero-order valence-corrected chi connectivity index (χ0v) is 19.9. The van der Waals surface area contributed by atoms with Gasteiger partial charge in [-0.1, -0.05) is 39.0 Å². The lowest BCUT2D eigenvalue weighted by Gasteiger charge is -2.23. The van der Waals surface area contributed by atoms with Crippen molar-refractivity contribution in [2.45, 2.75) is 33.1 Å². The Labute approximate surface area is 202 Å². The Hall–Kier alpha value is -4.20. The van der Waals surface area contributed by atoms with Crippen molar-refractivity contribution in [1.82, 2.24) is 15.0 Å². The first-order valence-electron chi connectivity index (χ1n) is 11.0. The van der Waals surface area contributed by atoms with Crippen LogP contribution in [0.5, 0.6) is 0 Å². The molecule has 2 aromatic heterocycles. The number of carbonyl (C=O) groups excluding carboxylic acids is 1. The molecule has 2 aromatic carbocycles. The van der Waals surface area contributed by atoms with Gasteiger partial charge in [-0.3, -0.25) is 0 Å². The first kappa shape index (κ1) is 23.9. The summed E-state index contributed by atoms with van der Waals surface area (Å²) in [6, 6.07) is 14.7. The minimum Gasteiger partial charge on any atom is -0.351 e. The summed E-state index contributed by atoms with van der Waals surface area (Å²) in [6.07, 6.45) is 1.70. The van der Waals surface area contributed by atoms with Crippen LogP contribution in [0.3, 0.4) is 0 Å². The third-order valence-electron chi connectivity index (χ3n) is 5.46. The molecule has 2 N–H and O–H groups in total. The molecule has 0 bridgehead atoms. The normalized spacial score (nSPS) is 11.4. The van der Waals surface area contributed by atoms with Crippen molar-refractivity contribution in [1.29, 1.82) is 0 Å². The highest BCUT2D eigenvalue weighted by Crippen LogP contribution is 2.33. The number of primary amides is 1. The van der Waals surface area contributed by atoms with Crippen molar-refractivity contribution in [3.8, 4) is 22.5 Å². The lowest BCUT2D eigenvalue weighted by Crippen LogP contribution is -2.32. The SMILES string of the molecule is Cc1ccc(-c2ccnc(C(C)(C)C)n2)cc1N(C(N)=O)c1cccc(-c2ccc(F)cc2F)n1. The zero-order valence-electron chi connectivity index (χ0n) is 19.9. The molecule has 0 aliphatic carbocycles. The van der Waals surface area contributed by atoms with Gasteiger partial charge in [0.2, 0.25) is 0 Å². The Bertz CT molecular complexity index is 1420. The number of hydrogen-bond donors (Lipinski definition) is 1. The van der Waals surface area contributed by atoms with Crippen LogP contribution in [0.15, 0.2) is 66.9 Å². The van der Waals surface area contributed by atoms with E-state index in [0.29, 0.717) is 17.2 Å². The molecule has 8 heteroatoms. The number of aryl methyl sites for hydroxylation is 1. The number of benzene rings is 2. The fourth-order valence-electron chi connectivity index (χ4n) is 3.64. The first-order chi connectivity index (χ1) is 16.5. The summed E-state index contributed by atoms with van der Waals surface area (Å²) < 4.78 is 27.7. The molecule has 2 amide bonds. The largest absolute Gasteiger partial charge is 0.351 e. The van der Waals surface area contributed by atoms with E-state index in [1.54, 1.807) is 30.5 Å². The van der Waals surface area contributed by atoms with E-state index in [4.69, 9.17) is 10.7 Å². The average Bonchev–Trinajstić information content (AvgIpc) is 2.80. The standard InChI is InChI=1S/C27H25F2N5O/c1-16-8-9-17(21-12-13-31-25(33-21)27(2,3)4)14-23(16)34(26(30)35)24-7-5-6-22(32-24)19-11-10-18(28)15-20(19)29/h5-15H,1-4H3,(H2,30,35). The molecular weight excluding hydrogens is 448 g/mol. The van der Waals surface area contributed by atoms with Crippen LogP contribution in [0.1, 0.15) is 32.2 Å². The predicted octanol–water partition coefficient (Wildman–Crippen LogP) is 6.31. The molecule has 2 heterocycles. The van der Waals surface area contributed by atoms with E-state index >= 15 is 0 Å². The molecule has 0 saturated heterocycles. The zero-order chi connectivity index (χ0) is 25.3. The van der Waals surface area contributed by atoms with Crippen LogP contribution in [0, 0.1) is 18.6 Å². The molecule has 0 radical (unpaired) electrons. The molecule has 0 saturated carbocycles. The van der Waals surface area contributed by atoms with E-state index in [9.17, 15) is 13.6 Å². The number of pyridine rings is 1. The number of nitrogens with zero attached hydrogens (tertiary/aromatic N) is 4. The van der Waals surface area contributed by atoms with Gasteiger partial charge in [-0.15, -0.1) is 0 Å². The summed E-state index contributed by atoms with van der Waals surface area (Å²) in [6.45, 7) is 7.94.